The number of hydrogen-bond acceptors (Lipinski definition) is 6. The van der Waals surface area contributed by atoms with Crippen LogP contribution < -0.4 is 10.3 Å². The number of halogens is 1. The van der Waals surface area contributed by atoms with E-state index in [1.807, 2.05) is 0 Å². The molecule has 2 aliphatic rings. The van der Waals surface area contributed by atoms with E-state index in [1.165, 1.54) is 19.1 Å². The van der Waals surface area contributed by atoms with Crippen LogP contribution in [0.5, 0.6) is 0 Å². The largest absolute Gasteiger partial charge is 0.461 e. The first kappa shape index (κ1) is 17.9. The molecule has 1 aromatic carbocycles. The molecule has 2 heterocycles. The third-order valence-electron chi connectivity index (χ3n) is 4.13. The number of carbonyl (C=O) groups excluding carboxylic acids is 4. The van der Waals surface area contributed by atoms with E-state index in [-0.39, 0.29) is 18.7 Å². The van der Waals surface area contributed by atoms with Crippen molar-refractivity contribution in [3.63, 3.8) is 0 Å². The van der Waals surface area contributed by atoms with Crippen LogP contribution in [0.15, 0.2) is 36.0 Å². The molecule has 1 spiro atoms. The second-order valence-electron chi connectivity index (χ2n) is 5.86. The van der Waals surface area contributed by atoms with Gasteiger partial charge in [0.2, 0.25) is 11.8 Å². The highest BCUT2D eigenvalue weighted by molar-refractivity contribution is 6.32. The molecule has 0 unspecified atom stereocenters. The van der Waals surface area contributed by atoms with E-state index >= 15 is 0 Å². The highest BCUT2D eigenvalue weighted by Gasteiger charge is 2.59. The van der Waals surface area contributed by atoms with Gasteiger partial charge in [-0.05, 0) is 31.2 Å². The van der Waals surface area contributed by atoms with E-state index < -0.39 is 29.2 Å². The van der Waals surface area contributed by atoms with Crippen LogP contribution in [0.3, 0.4) is 0 Å². The molecule has 1 N–H and O–H groups in total. The van der Waals surface area contributed by atoms with Crippen LogP contribution in [-0.4, -0.2) is 40.8 Å². The van der Waals surface area contributed by atoms with E-state index in [4.69, 9.17) is 16.3 Å². The molecule has 3 amide bonds. The van der Waals surface area contributed by atoms with Crippen molar-refractivity contribution in [1.82, 2.24) is 10.4 Å². The van der Waals surface area contributed by atoms with Crippen molar-refractivity contribution >= 4 is 41.0 Å². The van der Waals surface area contributed by atoms with Gasteiger partial charge in [0.05, 0.1) is 18.7 Å². The average molecular weight is 378 g/mol. The Labute approximate surface area is 154 Å². The lowest BCUT2D eigenvalue weighted by Gasteiger charge is -2.30. The molecule has 0 aromatic heterocycles. The minimum Gasteiger partial charge on any atom is -0.461 e. The van der Waals surface area contributed by atoms with E-state index in [9.17, 15) is 19.2 Å². The third kappa shape index (κ3) is 2.72. The van der Waals surface area contributed by atoms with Gasteiger partial charge in [0.1, 0.15) is 5.70 Å². The molecule has 26 heavy (non-hydrogen) atoms. The number of rotatable bonds is 3. The molecule has 0 aliphatic carbocycles. The topological polar surface area (TPSA) is 96.0 Å². The normalized spacial score (nSPS) is 21.9. The van der Waals surface area contributed by atoms with Crippen LogP contribution in [0.4, 0.5) is 5.69 Å². The number of hydrazine groups is 1. The van der Waals surface area contributed by atoms with Crippen molar-refractivity contribution in [2.45, 2.75) is 25.8 Å². The number of esters is 1. The van der Waals surface area contributed by atoms with E-state index in [1.54, 1.807) is 25.1 Å². The summed E-state index contributed by atoms with van der Waals surface area (Å²) in [6, 6.07) is 6.27. The van der Waals surface area contributed by atoms with Gasteiger partial charge in [0.15, 0.2) is 5.54 Å². The minimum absolute atomic E-state index is 0.0591. The summed E-state index contributed by atoms with van der Waals surface area (Å²) in [5.41, 5.74) is 1.21. The van der Waals surface area contributed by atoms with Crippen LogP contribution in [-0.2, 0) is 23.9 Å². The second-order valence-corrected chi connectivity index (χ2v) is 6.30. The number of hydrogen-bond donors (Lipinski definition) is 1. The van der Waals surface area contributed by atoms with Crippen LogP contribution >= 0.6 is 11.6 Å². The van der Waals surface area contributed by atoms with Gasteiger partial charge in [-0.2, -0.15) is 0 Å². The van der Waals surface area contributed by atoms with Crippen LogP contribution in [0, 0.1) is 0 Å². The maximum Gasteiger partial charge on any atom is 0.355 e. The van der Waals surface area contributed by atoms with Crippen molar-refractivity contribution < 1.29 is 23.9 Å². The first-order valence-electron chi connectivity index (χ1n) is 7.90. The molecule has 0 saturated carbocycles. The number of ether oxygens (including phenoxy) is 1. The number of nitrogens with one attached hydrogen (secondary N) is 1. The average Bonchev–Trinajstić information content (AvgIpc) is 3.07. The first-order chi connectivity index (χ1) is 12.3. The Kier molecular flexibility index (Phi) is 4.45. The summed E-state index contributed by atoms with van der Waals surface area (Å²) in [4.78, 5) is 50.7. The quantitative estimate of drug-likeness (QED) is 0.627. The van der Waals surface area contributed by atoms with E-state index in [0.29, 0.717) is 10.7 Å². The van der Waals surface area contributed by atoms with Gasteiger partial charge in [-0.1, -0.05) is 17.7 Å². The summed E-state index contributed by atoms with van der Waals surface area (Å²) < 4.78 is 4.91. The lowest BCUT2D eigenvalue weighted by Crippen LogP contribution is -2.56. The fourth-order valence-corrected chi connectivity index (χ4v) is 3.27. The lowest BCUT2D eigenvalue weighted by molar-refractivity contribution is -0.144. The van der Waals surface area contributed by atoms with Gasteiger partial charge in [-0.3, -0.25) is 19.8 Å². The Morgan fingerprint density at radius 3 is 2.69 bits per heavy atom. The van der Waals surface area contributed by atoms with Gasteiger partial charge in [0, 0.05) is 11.9 Å². The molecular weight excluding hydrogens is 362 g/mol. The van der Waals surface area contributed by atoms with Crippen molar-refractivity contribution in [2.75, 3.05) is 11.5 Å². The standard InChI is InChI=1S/C17H16ClN3O5/c1-3-26-15(24)13-8-17(21(19-13)10(2)22)9-14(23)20(16(17)25)12-6-4-5-11(18)7-12/h4-8,19H,3,9H2,1-2H3/t17-/m0/s1. The summed E-state index contributed by atoms with van der Waals surface area (Å²) in [7, 11) is 0. The van der Waals surface area contributed by atoms with Crippen molar-refractivity contribution in [1.29, 1.82) is 0 Å². The molecule has 1 saturated heterocycles. The predicted octanol–water partition coefficient (Wildman–Crippen LogP) is 1.16. The smallest absolute Gasteiger partial charge is 0.355 e. The van der Waals surface area contributed by atoms with Gasteiger partial charge >= 0.3 is 5.97 Å². The van der Waals surface area contributed by atoms with E-state index in [2.05, 4.69) is 5.43 Å². The van der Waals surface area contributed by atoms with Crippen LogP contribution in [0.2, 0.25) is 5.02 Å². The van der Waals surface area contributed by atoms with Crippen LogP contribution in [0.25, 0.3) is 0 Å². The minimum atomic E-state index is -1.62. The molecule has 8 nitrogen and oxygen atoms in total. The molecule has 2 aliphatic heterocycles. The maximum absolute atomic E-state index is 13.1. The highest BCUT2D eigenvalue weighted by atomic mass is 35.5. The number of anilines is 1. The molecule has 136 valence electrons. The summed E-state index contributed by atoms with van der Waals surface area (Å²) in [5.74, 6) is -2.38. The van der Waals surface area contributed by atoms with Crippen molar-refractivity contribution in [2.24, 2.45) is 0 Å². The van der Waals surface area contributed by atoms with Gasteiger partial charge in [0.25, 0.3) is 5.91 Å². The van der Waals surface area contributed by atoms with Gasteiger partial charge in [-0.15, -0.1) is 0 Å². The SMILES string of the molecule is CCOC(=O)C1=C[C@@]2(CC(=O)N(c3cccc(Cl)c3)C2=O)N(C(C)=O)N1. The fourth-order valence-electron chi connectivity index (χ4n) is 3.08. The first-order valence-corrected chi connectivity index (χ1v) is 8.28. The number of amides is 3. The van der Waals surface area contributed by atoms with E-state index in [0.717, 1.165) is 9.91 Å². The summed E-state index contributed by atoms with van der Waals surface area (Å²) in [6.45, 7) is 3.00. The molecular formula is C17H16ClN3O5. The monoisotopic (exact) mass is 377 g/mol. The summed E-state index contributed by atoms with van der Waals surface area (Å²) in [6.07, 6.45) is 0.977. The Hall–Kier alpha value is -2.87. The number of benzene rings is 1. The zero-order valence-electron chi connectivity index (χ0n) is 14.1. The van der Waals surface area contributed by atoms with Gasteiger partial charge in [-0.25, -0.2) is 14.7 Å². The highest BCUT2D eigenvalue weighted by Crippen LogP contribution is 2.38. The second kappa shape index (κ2) is 6.45. The molecule has 1 aromatic rings. The lowest BCUT2D eigenvalue weighted by atomic mass is 9.96. The predicted molar refractivity (Wildman–Crippen MR) is 91.7 cm³/mol. The van der Waals surface area contributed by atoms with Crippen molar-refractivity contribution in [3.8, 4) is 0 Å². The molecule has 0 bridgehead atoms. The third-order valence-corrected chi connectivity index (χ3v) is 4.37. The Balaban J connectivity index is 2.04. The zero-order valence-corrected chi connectivity index (χ0v) is 14.9. The maximum atomic E-state index is 13.1. The Morgan fingerprint density at radius 1 is 1.35 bits per heavy atom. The van der Waals surface area contributed by atoms with Gasteiger partial charge < -0.3 is 4.74 Å². The molecule has 3 rings (SSSR count). The number of nitrogens with zero attached hydrogens (tertiary/aromatic N) is 2. The molecule has 0 radical (unpaired) electrons. The fraction of sp³-hybridized carbons (Fsp3) is 0.294. The number of carbonyl (C=O) groups is 4. The van der Waals surface area contributed by atoms with Crippen molar-refractivity contribution in [3.05, 3.63) is 41.1 Å². The molecule has 1 atom stereocenters. The Bertz CT molecular complexity index is 853. The summed E-state index contributed by atoms with van der Waals surface area (Å²) >= 11 is 5.95. The molecule has 1 fully saturated rings. The molecule has 9 heteroatoms. The number of imide groups is 1. The van der Waals surface area contributed by atoms with Crippen LogP contribution in [0.1, 0.15) is 20.3 Å². The zero-order chi connectivity index (χ0) is 19.1. The summed E-state index contributed by atoms with van der Waals surface area (Å²) in [5, 5.41) is 1.35. The Morgan fingerprint density at radius 2 is 2.08 bits per heavy atom.